The molecular weight excluding hydrogens is 228 g/mol. The second-order valence-electron chi connectivity index (χ2n) is 3.58. The Kier molecular flexibility index (Phi) is 4.36. The summed E-state index contributed by atoms with van der Waals surface area (Å²) in [6, 6.07) is -0.362. The molecular formula is C9H14N4O2S. The van der Waals surface area contributed by atoms with Crippen molar-refractivity contribution in [3.63, 3.8) is 0 Å². The fourth-order valence-electron chi connectivity index (χ4n) is 0.900. The largest absolute Gasteiger partial charge is 0.323 e. The van der Waals surface area contributed by atoms with Crippen LogP contribution in [0.25, 0.3) is 0 Å². The molecule has 0 atom stereocenters. The molecule has 0 saturated heterocycles. The van der Waals surface area contributed by atoms with Gasteiger partial charge < -0.3 is 9.69 Å². The van der Waals surface area contributed by atoms with Crippen LogP contribution < -0.4 is 5.32 Å². The van der Waals surface area contributed by atoms with Gasteiger partial charge in [-0.05, 0) is 0 Å². The number of aromatic nitrogens is 2. The first-order valence-corrected chi connectivity index (χ1v) is 5.65. The zero-order valence-electron chi connectivity index (χ0n) is 9.43. The topological polar surface area (TPSA) is 75.2 Å². The van der Waals surface area contributed by atoms with E-state index in [0.717, 1.165) is 5.01 Å². The van der Waals surface area contributed by atoms with Crippen molar-refractivity contribution in [3.05, 3.63) is 5.01 Å². The van der Waals surface area contributed by atoms with Crippen molar-refractivity contribution in [2.75, 3.05) is 18.9 Å². The summed E-state index contributed by atoms with van der Waals surface area (Å²) in [4.78, 5) is 23.0. The molecule has 88 valence electrons. The van der Waals surface area contributed by atoms with E-state index >= 15 is 0 Å². The molecule has 0 fully saturated rings. The van der Waals surface area contributed by atoms with Crippen LogP contribution in [-0.2, 0) is 4.79 Å². The van der Waals surface area contributed by atoms with Gasteiger partial charge in [0.2, 0.25) is 5.13 Å². The van der Waals surface area contributed by atoms with Crippen molar-refractivity contribution in [1.29, 1.82) is 0 Å². The lowest BCUT2D eigenvalue weighted by molar-refractivity contribution is -0.108. The number of nitrogens with zero attached hydrogens (tertiary/aromatic N) is 3. The number of carbonyl (C=O) groups is 2. The first-order chi connectivity index (χ1) is 7.54. The van der Waals surface area contributed by atoms with Crippen LogP contribution in [0.2, 0.25) is 0 Å². The molecule has 0 aliphatic carbocycles. The summed E-state index contributed by atoms with van der Waals surface area (Å²) in [5.41, 5.74) is 0. The van der Waals surface area contributed by atoms with Crippen LogP contribution in [0, 0.1) is 0 Å². The van der Waals surface area contributed by atoms with E-state index in [9.17, 15) is 9.59 Å². The van der Waals surface area contributed by atoms with Gasteiger partial charge in [0.25, 0.3) is 0 Å². The first-order valence-electron chi connectivity index (χ1n) is 4.83. The Bertz CT molecular complexity index is 377. The Morgan fingerprint density at radius 2 is 2.25 bits per heavy atom. The van der Waals surface area contributed by atoms with Gasteiger partial charge in [-0.3, -0.25) is 5.32 Å². The number of hydrogen-bond acceptors (Lipinski definition) is 5. The average Bonchev–Trinajstić information content (AvgIpc) is 2.66. The fraction of sp³-hybridized carbons (Fsp3) is 0.556. The fourth-order valence-corrected chi connectivity index (χ4v) is 1.64. The molecule has 1 aromatic rings. The predicted molar refractivity (Wildman–Crippen MR) is 61.7 cm³/mol. The van der Waals surface area contributed by atoms with Gasteiger partial charge in [-0.2, -0.15) is 0 Å². The van der Waals surface area contributed by atoms with Crippen molar-refractivity contribution in [2.24, 2.45) is 0 Å². The van der Waals surface area contributed by atoms with Gasteiger partial charge in [0.05, 0.1) is 6.54 Å². The van der Waals surface area contributed by atoms with Gasteiger partial charge in [-0.1, -0.05) is 25.2 Å². The van der Waals surface area contributed by atoms with Crippen molar-refractivity contribution in [3.8, 4) is 0 Å². The molecule has 1 aromatic heterocycles. The highest BCUT2D eigenvalue weighted by Crippen LogP contribution is 2.22. The van der Waals surface area contributed by atoms with E-state index in [4.69, 9.17) is 0 Å². The highest BCUT2D eigenvalue weighted by Gasteiger charge is 2.12. The third-order valence-electron chi connectivity index (χ3n) is 1.84. The van der Waals surface area contributed by atoms with Crippen LogP contribution in [0.3, 0.4) is 0 Å². The lowest BCUT2D eigenvalue weighted by Crippen LogP contribution is -2.32. The molecule has 0 aliphatic heterocycles. The molecule has 0 spiro atoms. The van der Waals surface area contributed by atoms with E-state index in [1.807, 2.05) is 13.8 Å². The van der Waals surface area contributed by atoms with E-state index in [0.29, 0.717) is 11.4 Å². The number of carbonyl (C=O) groups excluding carboxylic acids is 2. The van der Waals surface area contributed by atoms with Gasteiger partial charge in [-0.25, -0.2) is 4.79 Å². The molecule has 16 heavy (non-hydrogen) atoms. The van der Waals surface area contributed by atoms with Crippen molar-refractivity contribution < 1.29 is 9.59 Å². The van der Waals surface area contributed by atoms with Crippen LogP contribution >= 0.6 is 11.3 Å². The number of nitrogens with one attached hydrogen (secondary N) is 1. The standard InChI is InChI=1S/C9H14N4O2S/c1-6(2)7-11-12-8(16-7)10-9(15)13(3)4-5-14/h5-6H,4H2,1-3H3,(H,10,12,15). The lowest BCUT2D eigenvalue weighted by atomic mass is 10.2. The van der Waals surface area contributed by atoms with Crippen LogP contribution in [0.15, 0.2) is 0 Å². The molecule has 0 bridgehead atoms. The van der Waals surface area contributed by atoms with Gasteiger partial charge in [0.1, 0.15) is 11.3 Å². The van der Waals surface area contributed by atoms with Crippen LogP contribution in [0.1, 0.15) is 24.8 Å². The Balaban J connectivity index is 2.59. The number of urea groups is 1. The number of amides is 2. The van der Waals surface area contributed by atoms with Crippen LogP contribution in [0.4, 0.5) is 9.93 Å². The minimum atomic E-state index is -0.362. The van der Waals surface area contributed by atoms with E-state index < -0.39 is 0 Å². The SMILES string of the molecule is CC(C)c1nnc(NC(=O)N(C)CC=O)s1. The van der Waals surface area contributed by atoms with Crippen molar-refractivity contribution >= 4 is 28.8 Å². The molecule has 2 amide bonds. The van der Waals surface area contributed by atoms with Gasteiger partial charge >= 0.3 is 6.03 Å². The maximum Gasteiger partial charge on any atom is 0.323 e. The Hall–Kier alpha value is -1.50. The molecule has 1 rings (SSSR count). The third kappa shape index (κ3) is 3.27. The number of likely N-dealkylation sites (N-methyl/N-ethyl adjacent to an activating group) is 1. The number of rotatable bonds is 4. The summed E-state index contributed by atoms with van der Waals surface area (Å²) in [5.74, 6) is 0.288. The second-order valence-corrected chi connectivity index (χ2v) is 4.59. The van der Waals surface area contributed by atoms with Gasteiger partial charge in [-0.15, -0.1) is 10.2 Å². The lowest BCUT2D eigenvalue weighted by Gasteiger charge is -2.12. The molecule has 0 saturated carbocycles. The Morgan fingerprint density at radius 3 is 2.75 bits per heavy atom. The Labute approximate surface area is 97.7 Å². The molecule has 1 N–H and O–H groups in total. The quantitative estimate of drug-likeness (QED) is 0.808. The predicted octanol–water partition coefficient (Wildman–Crippen LogP) is 1.32. The average molecular weight is 242 g/mol. The molecule has 0 unspecified atom stereocenters. The van der Waals surface area contributed by atoms with E-state index in [2.05, 4.69) is 15.5 Å². The van der Waals surface area contributed by atoms with Crippen LogP contribution in [-0.4, -0.2) is 41.0 Å². The highest BCUT2D eigenvalue weighted by molar-refractivity contribution is 7.15. The summed E-state index contributed by atoms with van der Waals surface area (Å²) >= 11 is 1.34. The number of aldehydes is 1. The maximum absolute atomic E-state index is 11.5. The van der Waals surface area contributed by atoms with Crippen molar-refractivity contribution in [1.82, 2.24) is 15.1 Å². The monoisotopic (exact) mass is 242 g/mol. The molecule has 0 aromatic carbocycles. The summed E-state index contributed by atoms with van der Waals surface area (Å²) in [6.07, 6.45) is 0.666. The van der Waals surface area contributed by atoms with E-state index in [1.165, 1.54) is 23.3 Å². The summed E-state index contributed by atoms with van der Waals surface area (Å²) in [6.45, 7) is 4.07. The maximum atomic E-state index is 11.5. The normalized spacial score (nSPS) is 10.2. The minimum absolute atomic E-state index is 0.0572. The molecule has 0 aliphatic rings. The summed E-state index contributed by atoms with van der Waals surface area (Å²) in [7, 11) is 1.54. The molecule has 0 radical (unpaired) electrons. The second kappa shape index (κ2) is 5.55. The number of hydrogen-bond donors (Lipinski definition) is 1. The van der Waals surface area contributed by atoms with E-state index in [1.54, 1.807) is 0 Å². The zero-order chi connectivity index (χ0) is 12.1. The van der Waals surface area contributed by atoms with E-state index in [-0.39, 0.29) is 18.5 Å². The van der Waals surface area contributed by atoms with Gasteiger partial charge in [0, 0.05) is 13.0 Å². The smallest absolute Gasteiger partial charge is 0.321 e. The summed E-state index contributed by atoms with van der Waals surface area (Å²) < 4.78 is 0. The van der Waals surface area contributed by atoms with Gasteiger partial charge in [0.15, 0.2) is 0 Å². The molecule has 6 nitrogen and oxygen atoms in total. The summed E-state index contributed by atoms with van der Waals surface area (Å²) in [5, 5.41) is 11.7. The molecule has 1 heterocycles. The first kappa shape index (κ1) is 12.6. The van der Waals surface area contributed by atoms with Crippen LogP contribution in [0.5, 0.6) is 0 Å². The molecule has 7 heteroatoms. The highest BCUT2D eigenvalue weighted by atomic mass is 32.1. The number of anilines is 1. The Morgan fingerprint density at radius 1 is 1.56 bits per heavy atom. The zero-order valence-corrected chi connectivity index (χ0v) is 10.2. The van der Waals surface area contributed by atoms with Crippen molar-refractivity contribution in [2.45, 2.75) is 19.8 Å². The minimum Gasteiger partial charge on any atom is -0.321 e. The third-order valence-corrected chi connectivity index (χ3v) is 2.98.